The van der Waals surface area contributed by atoms with Crippen molar-refractivity contribution in [3.8, 4) is 11.5 Å². The molecule has 4 aromatic carbocycles. The van der Waals surface area contributed by atoms with Crippen LogP contribution in [0.1, 0.15) is 133 Å². The lowest BCUT2D eigenvalue weighted by Gasteiger charge is -2.46. The number of hydrogen-bond donors (Lipinski definition) is 2. The second-order valence-electron chi connectivity index (χ2n) is 15.2. The first kappa shape index (κ1) is 34.8. The number of nitrogens with one attached hydrogen (secondary N) is 2. The Morgan fingerprint density at radius 3 is 1.38 bits per heavy atom. The molecule has 4 unspecified atom stereocenters. The zero-order valence-corrected chi connectivity index (χ0v) is 30.9. The Morgan fingerprint density at radius 1 is 0.604 bits per heavy atom. The fourth-order valence-electron chi connectivity index (χ4n) is 8.72. The second-order valence-corrected chi connectivity index (χ2v) is 15.2. The third-order valence-electron chi connectivity index (χ3n) is 11.3. The van der Waals surface area contributed by atoms with Gasteiger partial charge in [-0.15, -0.1) is 0 Å². The SMILES string of the molecule is CCCC(=O)NC12C(=O)c3ccccc3C1(OC13Oc4cc(C(C)C)ccc4C1(NC(=O)CCC)C(=O)c1ccccc13)Oc1cc(C(C)C)ccc12. The number of carbonyl (C=O) groups excluding carboxylic acids is 4. The highest BCUT2D eigenvalue weighted by Crippen LogP contribution is 2.67. The largest absolute Gasteiger partial charge is 0.454 e. The molecule has 9 nitrogen and oxygen atoms in total. The maximum Gasteiger partial charge on any atom is 0.277 e. The van der Waals surface area contributed by atoms with Crippen LogP contribution in [0.15, 0.2) is 84.9 Å². The van der Waals surface area contributed by atoms with Crippen molar-refractivity contribution in [2.75, 3.05) is 0 Å². The van der Waals surface area contributed by atoms with Crippen molar-refractivity contribution in [1.82, 2.24) is 10.6 Å². The maximum absolute atomic E-state index is 15.2. The summed E-state index contributed by atoms with van der Waals surface area (Å²) in [6.07, 6.45) is 1.35. The molecular weight excluding hydrogens is 668 g/mol. The number of ketones is 2. The molecule has 0 radical (unpaired) electrons. The van der Waals surface area contributed by atoms with Gasteiger partial charge in [0.2, 0.25) is 34.5 Å². The molecule has 8 rings (SSSR count). The second kappa shape index (κ2) is 12.1. The molecule has 2 aliphatic heterocycles. The number of rotatable bonds is 10. The molecule has 2 amide bonds. The Hall–Kier alpha value is -5.28. The molecule has 4 atom stereocenters. The van der Waals surface area contributed by atoms with E-state index < -0.39 is 34.2 Å². The van der Waals surface area contributed by atoms with Crippen LogP contribution in [0.3, 0.4) is 0 Å². The Morgan fingerprint density at radius 2 is 1.00 bits per heavy atom. The summed E-state index contributed by atoms with van der Waals surface area (Å²) in [5.41, 5.74) is 0.262. The van der Waals surface area contributed by atoms with Gasteiger partial charge in [0.1, 0.15) is 11.5 Å². The summed E-state index contributed by atoms with van der Waals surface area (Å²) in [4.78, 5) is 58.3. The molecule has 0 bridgehead atoms. The summed E-state index contributed by atoms with van der Waals surface area (Å²) in [7, 11) is 0. The average Bonchev–Trinajstić information content (AvgIpc) is 3.70. The molecule has 2 aliphatic carbocycles. The fraction of sp³-hybridized carbons (Fsp3) is 0.364. The van der Waals surface area contributed by atoms with Crippen LogP contribution in [0, 0.1) is 0 Å². The molecule has 4 aliphatic rings. The molecule has 0 saturated carbocycles. The van der Waals surface area contributed by atoms with Gasteiger partial charge in [0.25, 0.3) is 11.6 Å². The Bertz CT molecular complexity index is 2070. The van der Waals surface area contributed by atoms with E-state index in [0.29, 0.717) is 57.7 Å². The van der Waals surface area contributed by atoms with E-state index in [-0.39, 0.29) is 36.5 Å². The zero-order valence-electron chi connectivity index (χ0n) is 30.9. The standard InChI is InChI=1S/C44H44N2O7/c1-7-13-37(47)45-41-33-21-19-27(25(3)4)23-35(33)51-43(41,31-17-11-9-15-29(31)39(41)49)53-44-32-18-12-10-16-30(32)40(50)42(44,46-38(48)14-8-2)34-22-20-28(26(5)6)24-36(34)52-44/h9-12,15-26H,7-8,13-14H2,1-6H3,(H,45,47)(H,46,48). The van der Waals surface area contributed by atoms with Gasteiger partial charge in [-0.2, -0.15) is 0 Å². The number of ether oxygens (including phenoxy) is 3. The minimum atomic E-state index is -2.09. The Balaban J connectivity index is 1.46. The maximum atomic E-state index is 15.2. The van der Waals surface area contributed by atoms with Crippen molar-refractivity contribution in [1.29, 1.82) is 0 Å². The van der Waals surface area contributed by atoms with Gasteiger partial charge in [-0.05, 0) is 47.9 Å². The van der Waals surface area contributed by atoms with Crippen LogP contribution in [-0.4, -0.2) is 23.4 Å². The number of carbonyl (C=O) groups is 4. The molecule has 0 spiro atoms. The number of Topliss-reactive ketones (excluding diaryl/α,β-unsaturated/α-hetero) is 2. The molecular formula is C44H44N2O7. The minimum Gasteiger partial charge on any atom is -0.454 e. The van der Waals surface area contributed by atoms with Gasteiger partial charge in [0, 0.05) is 46.2 Å². The van der Waals surface area contributed by atoms with E-state index in [9.17, 15) is 9.59 Å². The van der Waals surface area contributed by atoms with Gasteiger partial charge in [-0.25, -0.2) is 0 Å². The summed E-state index contributed by atoms with van der Waals surface area (Å²) in [5, 5.41) is 6.27. The lowest BCUT2D eigenvalue weighted by molar-refractivity contribution is -0.346. The van der Waals surface area contributed by atoms with E-state index in [0.717, 1.165) is 11.1 Å². The van der Waals surface area contributed by atoms with Crippen LogP contribution < -0.4 is 20.1 Å². The first-order chi connectivity index (χ1) is 25.4. The number of fused-ring (bicyclic) bond motifs is 10. The van der Waals surface area contributed by atoms with E-state index in [4.69, 9.17) is 14.2 Å². The predicted molar refractivity (Wildman–Crippen MR) is 198 cm³/mol. The van der Waals surface area contributed by atoms with Crippen molar-refractivity contribution in [3.05, 3.63) is 129 Å². The van der Waals surface area contributed by atoms with Crippen molar-refractivity contribution >= 4 is 23.4 Å². The fourth-order valence-corrected chi connectivity index (χ4v) is 8.72. The van der Waals surface area contributed by atoms with Crippen molar-refractivity contribution < 1.29 is 33.4 Å². The lowest BCUT2D eigenvalue weighted by Crippen LogP contribution is -2.68. The summed E-state index contributed by atoms with van der Waals surface area (Å²) in [6.45, 7) is 12.0. The lowest BCUT2D eigenvalue weighted by atomic mass is 9.79. The van der Waals surface area contributed by atoms with E-state index >= 15 is 9.59 Å². The molecule has 0 saturated heterocycles. The third-order valence-corrected chi connectivity index (χ3v) is 11.3. The van der Waals surface area contributed by atoms with E-state index in [1.807, 2.05) is 50.2 Å². The highest BCUT2D eigenvalue weighted by Gasteiger charge is 2.81. The summed E-state index contributed by atoms with van der Waals surface area (Å²) in [5.74, 6) is -4.79. The highest BCUT2D eigenvalue weighted by molar-refractivity contribution is 6.14. The van der Waals surface area contributed by atoms with Gasteiger partial charge in [0.15, 0.2) is 0 Å². The number of hydrogen-bond acceptors (Lipinski definition) is 7. The molecule has 2 N–H and O–H groups in total. The summed E-state index contributed by atoms with van der Waals surface area (Å²) in [6, 6.07) is 25.3. The topological polar surface area (TPSA) is 120 Å². The molecule has 4 aromatic rings. The van der Waals surface area contributed by atoms with Crippen LogP contribution in [-0.2, 0) is 37.0 Å². The molecule has 9 heteroatoms. The normalized spacial score (nSPS) is 25.6. The third kappa shape index (κ3) is 4.46. The van der Waals surface area contributed by atoms with E-state index in [1.54, 1.807) is 48.5 Å². The molecule has 2 heterocycles. The van der Waals surface area contributed by atoms with Crippen LogP contribution in [0.2, 0.25) is 0 Å². The Kier molecular flexibility index (Phi) is 7.96. The first-order valence-corrected chi connectivity index (χ1v) is 18.7. The molecule has 0 fully saturated rings. The minimum absolute atomic E-state index is 0.122. The van der Waals surface area contributed by atoms with Gasteiger partial charge < -0.3 is 20.1 Å². The van der Waals surface area contributed by atoms with Crippen molar-refractivity contribution in [2.24, 2.45) is 0 Å². The average molecular weight is 713 g/mol. The predicted octanol–water partition coefficient (Wildman–Crippen LogP) is 7.76. The van der Waals surface area contributed by atoms with Gasteiger partial charge in [-0.1, -0.05) is 114 Å². The highest BCUT2D eigenvalue weighted by atomic mass is 16.8. The Labute approximate surface area is 309 Å². The van der Waals surface area contributed by atoms with Crippen LogP contribution in [0.4, 0.5) is 0 Å². The number of amides is 2. The van der Waals surface area contributed by atoms with Gasteiger partial charge in [-0.3, -0.25) is 23.9 Å². The smallest absolute Gasteiger partial charge is 0.277 e. The van der Waals surface area contributed by atoms with E-state index in [2.05, 4.69) is 38.3 Å². The molecule has 0 aromatic heterocycles. The van der Waals surface area contributed by atoms with Gasteiger partial charge >= 0.3 is 0 Å². The summed E-state index contributed by atoms with van der Waals surface area (Å²) >= 11 is 0. The zero-order chi connectivity index (χ0) is 37.5. The van der Waals surface area contributed by atoms with Crippen LogP contribution >= 0.6 is 0 Å². The van der Waals surface area contributed by atoms with Gasteiger partial charge in [0.05, 0.1) is 0 Å². The quantitative estimate of drug-likeness (QED) is 0.173. The molecule has 53 heavy (non-hydrogen) atoms. The van der Waals surface area contributed by atoms with Crippen molar-refractivity contribution in [3.63, 3.8) is 0 Å². The summed E-state index contributed by atoms with van der Waals surface area (Å²) < 4.78 is 21.8. The first-order valence-electron chi connectivity index (χ1n) is 18.7. The molecule has 272 valence electrons. The number of benzene rings is 4. The monoisotopic (exact) mass is 712 g/mol. The van der Waals surface area contributed by atoms with Crippen molar-refractivity contribution in [2.45, 2.75) is 102 Å². The van der Waals surface area contributed by atoms with Crippen LogP contribution in [0.5, 0.6) is 11.5 Å². The van der Waals surface area contributed by atoms with E-state index in [1.165, 1.54) is 0 Å². The van der Waals surface area contributed by atoms with Crippen LogP contribution in [0.25, 0.3) is 0 Å².